The largest absolute Gasteiger partial charge is 0.444 e. The van der Waals surface area contributed by atoms with E-state index in [0.717, 1.165) is 22.2 Å². The van der Waals surface area contributed by atoms with Crippen LogP contribution in [0.25, 0.3) is 11.5 Å². The molecule has 4 rings (SSSR count). The first-order chi connectivity index (χ1) is 10.4. The Bertz CT molecular complexity index is 733. The van der Waals surface area contributed by atoms with E-state index in [4.69, 9.17) is 4.42 Å². The zero-order valence-corrected chi connectivity index (χ0v) is 12.2. The molecule has 1 aliphatic carbocycles. The fourth-order valence-corrected chi connectivity index (χ4v) is 3.02. The molecule has 2 heterocycles. The normalized spacial score (nSPS) is 14.5. The molecule has 21 heavy (non-hydrogen) atoms. The molecule has 0 bridgehead atoms. The van der Waals surface area contributed by atoms with Gasteiger partial charge in [0.1, 0.15) is 12.6 Å². The van der Waals surface area contributed by atoms with Gasteiger partial charge in [-0.15, -0.1) is 10.2 Å². The molecule has 0 saturated heterocycles. The molecule has 5 nitrogen and oxygen atoms in total. The van der Waals surface area contributed by atoms with Crippen molar-refractivity contribution < 1.29 is 4.42 Å². The molecule has 0 unspecified atom stereocenters. The Morgan fingerprint density at radius 2 is 2.10 bits per heavy atom. The number of thioether (sulfide) groups is 1. The Morgan fingerprint density at radius 3 is 2.90 bits per heavy atom. The maximum Gasteiger partial charge on any atom is 0.226 e. The second kappa shape index (κ2) is 5.37. The number of benzene rings is 1. The van der Waals surface area contributed by atoms with Crippen molar-refractivity contribution in [2.45, 2.75) is 29.8 Å². The van der Waals surface area contributed by atoms with Crippen molar-refractivity contribution in [3.8, 4) is 11.5 Å². The summed E-state index contributed by atoms with van der Waals surface area (Å²) in [4.78, 5) is 4.53. The van der Waals surface area contributed by atoms with Crippen LogP contribution in [-0.4, -0.2) is 19.7 Å². The van der Waals surface area contributed by atoms with Crippen LogP contribution in [0.1, 0.15) is 24.6 Å². The standard InChI is InChI=1S/C15H14N4OS/c1-2-4-11(5-3-1)14-17-12(8-20-14)9-21-15-18-16-10-19(15)13-6-7-13/h1-5,8,10,13H,6-7,9H2. The highest BCUT2D eigenvalue weighted by atomic mass is 32.2. The zero-order valence-electron chi connectivity index (χ0n) is 11.3. The van der Waals surface area contributed by atoms with E-state index in [2.05, 4.69) is 19.7 Å². The quantitative estimate of drug-likeness (QED) is 0.674. The number of aromatic nitrogens is 4. The van der Waals surface area contributed by atoms with E-state index in [1.54, 1.807) is 18.0 Å². The van der Waals surface area contributed by atoms with Crippen molar-refractivity contribution in [1.29, 1.82) is 0 Å². The van der Waals surface area contributed by atoms with Gasteiger partial charge in [0, 0.05) is 17.4 Å². The second-order valence-electron chi connectivity index (χ2n) is 5.05. The van der Waals surface area contributed by atoms with Crippen molar-refractivity contribution in [3.05, 3.63) is 48.6 Å². The molecular weight excluding hydrogens is 284 g/mol. The number of nitrogens with zero attached hydrogens (tertiary/aromatic N) is 4. The van der Waals surface area contributed by atoms with Crippen molar-refractivity contribution in [3.63, 3.8) is 0 Å². The van der Waals surface area contributed by atoms with E-state index in [1.165, 1.54) is 12.8 Å². The molecule has 3 aromatic rings. The van der Waals surface area contributed by atoms with Gasteiger partial charge in [0.15, 0.2) is 5.16 Å². The van der Waals surface area contributed by atoms with Crippen LogP contribution < -0.4 is 0 Å². The number of oxazole rings is 1. The molecule has 2 aromatic heterocycles. The maximum absolute atomic E-state index is 5.54. The average Bonchev–Trinajstić information content (AvgIpc) is 3.09. The highest BCUT2D eigenvalue weighted by Gasteiger charge is 2.26. The summed E-state index contributed by atoms with van der Waals surface area (Å²) in [5, 5.41) is 9.13. The van der Waals surface area contributed by atoms with Gasteiger partial charge in [-0.1, -0.05) is 30.0 Å². The van der Waals surface area contributed by atoms with Crippen molar-refractivity contribution in [1.82, 2.24) is 19.7 Å². The molecule has 0 atom stereocenters. The van der Waals surface area contributed by atoms with E-state index in [1.807, 2.05) is 36.7 Å². The first-order valence-corrected chi connectivity index (χ1v) is 7.91. The Morgan fingerprint density at radius 1 is 1.24 bits per heavy atom. The first kappa shape index (κ1) is 12.6. The second-order valence-corrected chi connectivity index (χ2v) is 5.99. The van der Waals surface area contributed by atoms with Crippen LogP contribution in [-0.2, 0) is 5.75 Å². The summed E-state index contributed by atoms with van der Waals surface area (Å²) in [5.41, 5.74) is 1.92. The zero-order chi connectivity index (χ0) is 14.1. The summed E-state index contributed by atoms with van der Waals surface area (Å²) in [7, 11) is 0. The number of hydrogen-bond acceptors (Lipinski definition) is 5. The van der Waals surface area contributed by atoms with Gasteiger partial charge in [-0.05, 0) is 25.0 Å². The summed E-state index contributed by atoms with van der Waals surface area (Å²) in [5.74, 6) is 1.40. The van der Waals surface area contributed by atoms with Crippen LogP contribution in [0.5, 0.6) is 0 Å². The number of rotatable bonds is 5. The SMILES string of the molecule is c1ccc(-c2nc(CSc3nncn3C3CC3)co2)cc1. The van der Waals surface area contributed by atoms with E-state index >= 15 is 0 Å². The smallest absolute Gasteiger partial charge is 0.226 e. The van der Waals surface area contributed by atoms with Gasteiger partial charge in [-0.3, -0.25) is 0 Å². The van der Waals surface area contributed by atoms with Gasteiger partial charge >= 0.3 is 0 Å². The van der Waals surface area contributed by atoms with Gasteiger partial charge in [0.25, 0.3) is 0 Å². The highest BCUT2D eigenvalue weighted by molar-refractivity contribution is 7.98. The summed E-state index contributed by atoms with van der Waals surface area (Å²) in [6.07, 6.45) is 5.99. The Labute approximate surface area is 126 Å². The van der Waals surface area contributed by atoms with Gasteiger partial charge in [0.2, 0.25) is 5.89 Å². The van der Waals surface area contributed by atoms with Crippen LogP contribution in [0, 0.1) is 0 Å². The van der Waals surface area contributed by atoms with Crippen LogP contribution in [0.4, 0.5) is 0 Å². The van der Waals surface area contributed by atoms with Crippen LogP contribution in [0.3, 0.4) is 0 Å². The molecule has 0 spiro atoms. The Kier molecular flexibility index (Phi) is 3.23. The van der Waals surface area contributed by atoms with Gasteiger partial charge in [-0.2, -0.15) is 0 Å². The van der Waals surface area contributed by atoms with Crippen LogP contribution in [0.2, 0.25) is 0 Å². The molecule has 0 aliphatic heterocycles. The third kappa shape index (κ3) is 2.71. The molecule has 6 heteroatoms. The molecule has 1 aromatic carbocycles. The third-order valence-electron chi connectivity index (χ3n) is 3.40. The minimum Gasteiger partial charge on any atom is -0.444 e. The minimum absolute atomic E-state index is 0.597. The van der Waals surface area contributed by atoms with Gasteiger partial charge in [-0.25, -0.2) is 4.98 Å². The monoisotopic (exact) mass is 298 g/mol. The molecule has 106 valence electrons. The van der Waals surface area contributed by atoms with Gasteiger partial charge < -0.3 is 8.98 Å². The first-order valence-electron chi connectivity index (χ1n) is 6.92. The van der Waals surface area contributed by atoms with E-state index in [-0.39, 0.29) is 0 Å². The fraction of sp³-hybridized carbons (Fsp3) is 0.267. The molecule has 1 fully saturated rings. The van der Waals surface area contributed by atoms with Crippen molar-refractivity contribution in [2.24, 2.45) is 0 Å². The maximum atomic E-state index is 5.54. The molecule has 0 N–H and O–H groups in total. The summed E-state index contributed by atoms with van der Waals surface area (Å²) in [6, 6.07) is 10.5. The van der Waals surface area contributed by atoms with E-state index in [0.29, 0.717) is 11.9 Å². The molecule has 0 amide bonds. The lowest BCUT2D eigenvalue weighted by molar-refractivity contribution is 0.573. The van der Waals surface area contributed by atoms with Crippen LogP contribution in [0.15, 0.2) is 52.5 Å². The predicted octanol–water partition coefficient (Wildman–Crippen LogP) is 3.56. The van der Waals surface area contributed by atoms with Crippen molar-refractivity contribution >= 4 is 11.8 Å². The van der Waals surface area contributed by atoms with Gasteiger partial charge in [0.05, 0.1) is 5.69 Å². The third-order valence-corrected chi connectivity index (χ3v) is 4.39. The van der Waals surface area contributed by atoms with E-state index < -0.39 is 0 Å². The lowest BCUT2D eigenvalue weighted by Crippen LogP contribution is -1.94. The predicted molar refractivity (Wildman–Crippen MR) is 79.8 cm³/mol. The van der Waals surface area contributed by atoms with Crippen molar-refractivity contribution in [2.75, 3.05) is 0 Å². The molecule has 0 radical (unpaired) electrons. The molecular formula is C15H14N4OS. The highest BCUT2D eigenvalue weighted by Crippen LogP contribution is 2.37. The minimum atomic E-state index is 0.597. The summed E-state index contributed by atoms with van der Waals surface area (Å²) < 4.78 is 7.70. The summed E-state index contributed by atoms with van der Waals surface area (Å²) >= 11 is 1.65. The fourth-order valence-electron chi connectivity index (χ4n) is 2.16. The lowest BCUT2D eigenvalue weighted by atomic mass is 10.2. The molecule has 1 aliphatic rings. The number of hydrogen-bond donors (Lipinski definition) is 0. The Hall–Kier alpha value is -2.08. The summed E-state index contributed by atoms with van der Waals surface area (Å²) in [6.45, 7) is 0. The van der Waals surface area contributed by atoms with Crippen LogP contribution >= 0.6 is 11.8 Å². The lowest BCUT2D eigenvalue weighted by Gasteiger charge is -2.01. The molecule has 1 saturated carbocycles. The topological polar surface area (TPSA) is 56.7 Å². The average molecular weight is 298 g/mol. The van der Waals surface area contributed by atoms with E-state index in [9.17, 15) is 0 Å². The Balaban J connectivity index is 1.46.